The van der Waals surface area contributed by atoms with Crippen molar-refractivity contribution in [2.24, 2.45) is 4.99 Å². The number of hydrogen-bond donors (Lipinski definition) is 1. The minimum Gasteiger partial charge on any atom is -0.465 e. The monoisotopic (exact) mass is 392 g/mol. The fraction of sp³-hybridized carbons (Fsp3) is 0.526. The molecule has 1 fully saturated rings. The van der Waals surface area contributed by atoms with Crippen LogP contribution in [0, 0.1) is 5.82 Å². The topological polar surface area (TPSA) is 85.7 Å². The second-order valence-corrected chi connectivity index (χ2v) is 7.01. The molecule has 9 heteroatoms. The molecule has 8 nitrogen and oxygen atoms in total. The van der Waals surface area contributed by atoms with Crippen LogP contribution in [-0.2, 0) is 16.1 Å². The van der Waals surface area contributed by atoms with E-state index in [1.54, 1.807) is 31.0 Å². The molecule has 2 aliphatic heterocycles. The molecule has 1 aromatic carbocycles. The van der Waals surface area contributed by atoms with E-state index in [1.807, 2.05) is 6.92 Å². The van der Waals surface area contributed by atoms with Crippen molar-refractivity contribution in [1.29, 1.82) is 0 Å². The molecule has 0 radical (unpaired) electrons. The molecule has 0 saturated carbocycles. The molecule has 1 aromatic rings. The summed E-state index contributed by atoms with van der Waals surface area (Å²) in [6.07, 6.45) is -0.441. The zero-order valence-electron chi connectivity index (χ0n) is 16.3. The number of rotatable bonds is 6. The van der Waals surface area contributed by atoms with Crippen molar-refractivity contribution >= 4 is 18.0 Å². The third-order valence-electron chi connectivity index (χ3n) is 5.17. The molecule has 0 aromatic heterocycles. The number of hydrogen-bond acceptors (Lipinski definition) is 6. The quantitative estimate of drug-likeness (QED) is 0.791. The Morgan fingerprint density at radius 3 is 2.57 bits per heavy atom. The Labute approximate surface area is 163 Å². The number of urea groups is 1. The summed E-state index contributed by atoms with van der Waals surface area (Å²) in [7, 11) is 1.60. The second-order valence-electron chi connectivity index (χ2n) is 7.01. The van der Waals surface area contributed by atoms with Gasteiger partial charge in [0.1, 0.15) is 5.82 Å². The standard InChI is InChI=1S/C19H25FN4O4/c1-4-28-17-21-15-19(2,24(17)12-13-6-8-14(20)9-7-13)16(26)23(10-5-11-25)18(27)22(15)3/h6-9,15,25H,4-5,10-12H2,1-3H3. The summed E-state index contributed by atoms with van der Waals surface area (Å²) in [5.41, 5.74) is -0.387. The second kappa shape index (κ2) is 7.75. The molecule has 2 unspecified atom stereocenters. The Morgan fingerprint density at radius 1 is 1.29 bits per heavy atom. The third kappa shape index (κ3) is 3.19. The van der Waals surface area contributed by atoms with Crippen molar-refractivity contribution in [3.8, 4) is 0 Å². The maximum absolute atomic E-state index is 13.4. The highest BCUT2D eigenvalue weighted by atomic mass is 19.1. The number of halogens is 1. The van der Waals surface area contributed by atoms with Crippen LogP contribution in [0.4, 0.5) is 9.18 Å². The van der Waals surface area contributed by atoms with E-state index in [0.717, 1.165) is 10.5 Å². The maximum atomic E-state index is 13.4. The van der Waals surface area contributed by atoms with Gasteiger partial charge >= 0.3 is 6.03 Å². The number of benzene rings is 1. The van der Waals surface area contributed by atoms with Gasteiger partial charge < -0.3 is 19.6 Å². The zero-order chi connectivity index (χ0) is 20.5. The molecule has 152 valence electrons. The minimum absolute atomic E-state index is 0.120. The van der Waals surface area contributed by atoms with E-state index in [2.05, 4.69) is 4.99 Å². The van der Waals surface area contributed by atoms with Crippen molar-refractivity contribution in [2.75, 3.05) is 26.8 Å². The van der Waals surface area contributed by atoms with Gasteiger partial charge in [-0.15, -0.1) is 0 Å². The number of fused-ring (bicyclic) bond motifs is 1. The van der Waals surface area contributed by atoms with E-state index in [0.29, 0.717) is 13.0 Å². The van der Waals surface area contributed by atoms with Crippen molar-refractivity contribution in [1.82, 2.24) is 14.7 Å². The number of ether oxygens (including phenoxy) is 1. The van der Waals surface area contributed by atoms with E-state index >= 15 is 0 Å². The maximum Gasteiger partial charge on any atom is 0.328 e. The van der Waals surface area contributed by atoms with Gasteiger partial charge in [-0.3, -0.25) is 9.69 Å². The number of aliphatic hydroxyl groups is 1. The predicted molar refractivity (Wildman–Crippen MR) is 99.8 cm³/mol. The lowest BCUT2D eigenvalue weighted by Crippen LogP contribution is -2.71. The van der Waals surface area contributed by atoms with E-state index < -0.39 is 23.6 Å². The Hall–Kier alpha value is -2.68. The largest absolute Gasteiger partial charge is 0.465 e. The van der Waals surface area contributed by atoms with Gasteiger partial charge in [0.15, 0.2) is 11.7 Å². The Bertz CT molecular complexity index is 785. The van der Waals surface area contributed by atoms with Crippen LogP contribution in [0.5, 0.6) is 0 Å². The number of carbonyl (C=O) groups excluding carboxylic acids is 2. The summed E-state index contributed by atoms with van der Waals surface area (Å²) in [5, 5.41) is 9.12. The molecule has 3 rings (SSSR count). The fourth-order valence-electron chi connectivity index (χ4n) is 3.66. The van der Waals surface area contributed by atoms with Gasteiger partial charge in [0.25, 0.3) is 11.9 Å². The molecular formula is C19H25FN4O4. The van der Waals surface area contributed by atoms with Crippen molar-refractivity contribution in [3.05, 3.63) is 35.6 Å². The molecular weight excluding hydrogens is 367 g/mol. The van der Waals surface area contributed by atoms with Crippen LogP contribution in [0.3, 0.4) is 0 Å². The lowest BCUT2D eigenvalue weighted by atomic mass is 9.91. The molecule has 2 aliphatic rings. The summed E-state index contributed by atoms with van der Waals surface area (Å²) in [6.45, 7) is 4.16. The molecule has 2 atom stereocenters. The van der Waals surface area contributed by atoms with Crippen molar-refractivity contribution < 1.29 is 23.8 Å². The SMILES string of the molecule is CCOC1=NC2N(C)C(=O)N(CCCO)C(=O)C2(C)N1Cc1ccc(F)cc1. The molecule has 0 aliphatic carbocycles. The van der Waals surface area contributed by atoms with Crippen molar-refractivity contribution in [3.63, 3.8) is 0 Å². The number of nitrogens with zero attached hydrogens (tertiary/aromatic N) is 4. The molecule has 1 N–H and O–H groups in total. The highest BCUT2D eigenvalue weighted by Crippen LogP contribution is 2.38. The highest BCUT2D eigenvalue weighted by Gasteiger charge is 2.61. The summed E-state index contributed by atoms with van der Waals surface area (Å²) in [4.78, 5) is 34.8. The van der Waals surface area contributed by atoms with Crippen LogP contribution in [0.2, 0.25) is 0 Å². The summed E-state index contributed by atoms with van der Waals surface area (Å²) >= 11 is 0. The summed E-state index contributed by atoms with van der Waals surface area (Å²) in [5.74, 6) is -0.739. The summed E-state index contributed by atoms with van der Waals surface area (Å²) in [6, 6.07) is 5.81. The number of likely N-dealkylation sites (N-methyl/N-ethyl adjacent to an activating group) is 1. The van der Waals surface area contributed by atoms with Crippen molar-refractivity contribution in [2.45, 2.75) is 38.5 Å². The molecule has 1 saturated heterocycles. The summed E-state index contributed by atoms with van der Waals surface area (Å²) < 4.78 is 19.0. The van der Waals surface area contributed by atoms with Gasteiger partial charge in [-0.05, 0) is 38.0 Å². The van der Waals surface area contributed by atoms with E-state index in [-0.39, 0.29) is 31.5 Å². The normalized spacial score (nSPS) is 24.5. The lowest BCUT2D eigenvalue weighted by molar-refractivity contribution is -0.146. The van der Waals surface area contributed by atoms with Gasteiger partial charge in [0.2, 0.25) is 0 Å². The third-order valence-corrected chi connectivity index (χ3v) is 5.17. The first-order chi connectivity index (χ1) is 13.3. The number of aliphatic hydroxyl groups excluding tert-OH is 1. The first-order valence-corrected chi connectivity index (χ1v) is 9.26. The van der Waals surface area contributed by atoms with Gasteiger partial charge in [0.05, 0.1) is 6.61 Å². The average molecular weight is 392 g/mol. The number of carbonyl (C=O) groups is 2. The van der Waals surface area contributed by atoms with Crippen LogP contribution in [-0.4, -0.2) is 76.3 Å². The number of imide groups is 1. The number of aliphatic imine (C=N–C) groups is 1. The van der Waals surface area contributed by atoms with Crippen LogP contribution >= 0.6 is 0 Å². The smallest absolute Gasteiger partial charge is 0.328 e. The molecule has 0 bridgehead atoms. The van der Waals surface area contributed by atoms with E-state index in [4.69, 9.17) is 9.84 Å². The fourth-order valence-corrected chi connectivity index (χ4v) is 3.66. The van der Waals surface area contributed by atoms with Crippen LogP contribution < -0.4 is 0 Å². The highest BCUT2D eigenvalue weighted by molar-refractivity contribution is 6.05. The number of amidine groups is 1. The Morgan fingerprint density at radius 2 is 1.96 bits per heavy atom. The van der Waals surface area contributed by atoms with Crippen LogP contribution in [0.15, 0.2) is 29.3 Å². The first-order valence-electron chi connectivity index (χ1n) is 9.26. The Kier molecular flexibility index (Phi) is 5.55. The number of amides is 3. The van der Waals surface area contributed by atoms with E-state index in [1.165, 1.54) is 17.0 Å². The molecule has 3 amide bonds. The average Bonchev–Trinajstić information content (AvgIpc) is 2.96. The minimum atomic E-state index is -1.17. The molecule has 2 heterocycles. The van der Waals surface area contributed by atoms with Crippen LogP contribution in [0.1, 0.15) is 25.8 Å². The lowest BCUT2D eigenvalue weighted by Gasteiger charge is -2.47. The predicted octanol–water partition coefficient (Wildman–Crippen LogP) is 1.40. The van der Waals surface area contributed by atoms with Gasteiger partial charge in [-0.25, -0.2) is 14.2 Å². The van der Waals surface area contributed by atoms with Crippen LogP contribution in [0.25, 0.3) is 0 Å². The molecule has 0 spiro atoms. The Balaban J connectivity index is 1.99. The molecule has 28 heavy (non-hydrogen) atoms. The van der Waals surface area contributed by atoms with Gasteiger partial charge in [-0.2, -0.15) is 0 Å². The zero-order valence-corrected chi connectivity index (χ0v) is 16.3. The first kappa shape index (κ1) is 20.1. The van der Waals surface area contributed by atoms with E-state index in [9.17, 15) is 14.0 Å². The van der Waals surface area contributed by atoms with Gasteiger partial charge in [-0.1, -0.05) is 12.1 Å². The van der Waals surface area contributed by atoms with Gasteiger partial charge in [0, 0.05) is 26.7 Å².